The Kier molecular flexibility index (Phi) is 14.7. The minimum Gasteiger partial charge on any atom is -0.481 e. The van der Waals surface area contributed by atoms with Gasteiger partial charge in [-0.3, -0.25) is 28.8 Å². The molecule has 1 fully saturated rings. The molecule has 0 aromatic carbocycles. The Hall–Kier alpha value is -3.26. The summed E-state index contributed by atoms with van der Waals surface area (Å²) < 4.78 is 0. The van der Waals surface area contributed by atoms with Gasteiger partial charge < -0.3 is 41.5 Å². The van der Waals surface area contributed by atoms with Crippen molar-refractivity contribution in [3.05, 3.63) is 0 Å². The molecule has 0 aliphatic carbocycles. The second-order valence-corrected chi connectivity index (χ2v) is 11.4. The molecule has 1 heterocycles. The van der Waals surface area contributed by atoms with Gasteiger partial charge in [-0.2, -0.15) is 0 Å². The Morgan fingerprint density at radius 2 is 1.22 bits per heavy atom. The topological polar surface area (TPSA) is 214 Å². The van der Waals surface area contributed by atoms with E-state index in [1.807, 2.05) is 13.8 Å². The summed E-state index contributed by atoms with van der Waals surface area (Å²) in [6.45, 7) is 8.65. The molecule has 1 saturated heterocycles. The van der Waals surface area contributed by atoms with E-state index < -0.39 is 85.2 Å². The molecular weight excluding hydrogens is 538 g/mol. The van der Waals surface area contributed by atoms with E-state index >= 15 is 0 Å². The fourth-order valence-corrected chi connectivity index (χ4v) is 4.44. The highest BCUT2D eigenvalue weighted by Gasteiger charge is 2.38. The maximum absolute atomic E-state index is 13.5. The van der Waals surface area contributed by atoms with Crippen LogP contribution < -0.4 is 21.3 Å². The molecule has 14 heteroatoms. The summed E-state index contributed by atoms with van der Waals surface area (Å²) in [6.07, 6.45) is 1.43. The van der Waals surface area contributed by atoms with Gasteiger partial charge in [-0.1, -0.05) is 34.6 Å². The van der Waals surface area contributed by atoms with Gasteiger partial charge in [0.2, 0.25) is 29.5 Å². The first-order valence-corrected chi connectivity index (χ1v) is 14.1. The van der Waals surface area contributed by atoms with E-state index in [0.29, 0.717) is 25.9 Å². The van der Waals surface area contributed by atoms with Crippen LogP contribution in [0, 0.1) is 11.3 Å². The highest BCUT2D eigenvalue weighted by molar-refractivity contribution is 5.97. The molecule has 234 valence electrons. The minimum atomic E-state index is -1.63. The third-order valence-corrected chi connectivity index (χ3v) is 7.04. The predicted octanol–water partition coefficient (Wildman–Crippen LogP) is -1.12. The summed E-state index contributed by atoms with van der Waals surface area (Å²) >= 11 is 0. The molecule has 7 N–H and O–H groups in total. The molecule has 3 atom stereocenters. The molecule has 1 aliphatic rings. The Morgan fingerprint density at radius 1 is 0.732 bits per heavy atom. The number of aliphatic carboxylic acids is 1. The van der Waals surface area contributed by atoms with Crippen LogP contribution in [-0.2, 0) is 28.8 Å². The van der Waals surface area contributed by atoms with Crippen molar-refractivity contribution in [2.24, 2.45) is 11.3 Å². The van der Waals surface area contributed by atoms with E-state index in [1.165, 1.54) is 0 Å². The summed E-state index contributed by atoms with van der Waals surface area (Å²) in [7, 11) is 0. The highest BCUT2D eigenvalue weighted by atomic mass is 16.4. The number of carboxylic acids is 1. The van der Waals surface area contributed by atoms with Gasteiger partial charge in [0.05, 0.1) is 32.1 Å². The number of hydrogen-bond acceptors (Lipinski definition) is 8. The average molecular weight is 586 g/mol. The first-order chi connectivity index (χ1) is 19.2. The quantitative estimate of drug-likeness (QED) is 0.117. The number of amides is 5. The third kappa shape index (κ3) is 11.6. The van der Waals surface area contributed by atoms with Crippen LogP contribution in [0.2, 0.25) is 0 Å². The number of rotatable bonds is 16. The van der Waals surface area contributed by atoms with E-state index in [0.717, 1.165) is 12.8 Å². The Balaban J connectivity index is 3.26. The number of nitrogens with one attached hydrogen (secondary N) is 4. The van der Waals surface area contributed by atoms with Gasteiger partial charge in [0.15, 0.2) is 0 Å². The standard InChI is InChI=1S/C27H47N5O9/c1-6-16(7-2)23(38)31-22(27(3,4)5)26(41)30-18(12-20(35)32-10-8-9-11-32)25(40)29-19(13-21(36)37)24(39)28-17(14-33)15-34/h16-19,22,33-34H,6-15H2,1-5H3,(H,28,39)(H,29,40)(H,30,41)(H,31,38)(H,36,37)/t18-,19-,22+/m0/s1. The molecule has 14 nitrogen and oxygen atoms in total. The van der Waals surface area contributed by atoms with Crippen molar-refractivity contribution in [3.8, 4) is 0 Å². The Morgan fingerprint density at radius 3 is 1.68 bits per heavy atom. The number of likely N-dealkylation sites (tertiary alicyclic amines) is 1. The lowest BCUT2D eigenvalue weighted by atomic mass is 9.85. The van der Waals surface area contributed by atoms with Crippen molar-refractivity contribution in [3.63, 3.8) is 0 Å². The first kappa shape index (κ1) is 35.8. The molecule has 0 saturated carbocycles. The number of aliphatic hydroxyl groups excluding tert-OH is 2. The fraction of sp³-hybridized carbons (Fsp3) is 0.778. The molecule has 1 rings (SSSR count). The van der Waals surface area contributed by atoms with Gasteiger partial charge in [-0.15, -0.1) is 0 Å². The van der Waals surface area contributed by atoms with Gasteiger partial charge >= 0.3 is 5.97 Å². The summed E-state index contributed by atoms with van der Waals surface area (Å²) in [5.41, 5.74) is -0.777. The largest absolute Gasteiger partial charge is 0.481 e. The van der Waals surface area contributed by atoms with Crippen LogP contribution in [0.3, 0.4) is 0 Å². The average Bonchev–Trinajstić information content (AvgIpc) is 3.44. The molecule has 0 unspecified atom stereocenters. The number of nitrogens with zero attached hydrogens (tertiary/aromatic N) is 1. The molecule has 0 aromatic rings. The van der Waals surface area contributed by atoms with Gasteiger partial charge in [0.25, 0.3) is 0 Å². The van der Waals surface area contributed by atoms with Gasteiger partial charge in [-0.05, 0) is 31.1 Å². The normalized spacial score (nSPS) is 15.7. The zero-order valence-electron chi connectivity index (χ0n) is 24.7. The lowest BCUT2D eigenvalue weighted by Crippen LogP contribution is -2.61. The van der Waals surface area contributed by atoms with Gasteiger partial charge in [0, 0.05) is 19.0 Å². The fourth-order valence-electron chi connectivity index (χ4n) is 4.44. The zero-order chi connectivity index (χ0) is 31.3. The van der Waals surface area contributed by atoms with E-state index in [1.54, 1.807) is 25.7 Å². The van der Waals surface area contributed by atoms with E-state index in [4.69, 9.17) is 0 Å². The van der Waals surface area contributed by atoms with Crippen molar-refractivity contribution >= 4 is 35.5 Å². The molecule has 0 spiro atoms. The maximum Gasteiger partial charge on any atom is 0.305 e. The van der Waals surface area contributed by atoms with Crippen molar-refractivity contribution in [1.29, 1.82) is 0 Å². The Bertz CT molecular complexity index is 923. The summed E-state index contributed by atoms with van der Waals surface area (Å²) in [6, 6.07) is -5.27. The van der Waals surface area contributed by atoms with Gasteiger partial charge in [0.1, 0.15) is 18.1 Å². The third-order valence-electron chi connectivity index (χ3n) is 7.04. The SMILES string of the molecule is CCC(CC)C(=O)N[C@H](C(=O)N[C@@H](CC(=O)N1CCCC1)C(=O)N[C@@H](CC(=O)O)C(=O)NC(CO)CO)C(C)(C)C. The molecule has 0 radical (unpaired) electrons. The van der Waals surface area contributed by atoms with E-state index in [2.05, 4.69) is 21.3 Å². The predicted molar refractivity (Wildman–Crippen MR) is 148 cm³/mol. The second-order valence-electron chi connectivity index (χ2n) is 11.4. The summed E-state index contributed by atoms with van der Waals surface area (Å²) in [5, 5.41) is 37.7. The van der Waals surface area contributed by atoms with Crippen LogP contribution in [0.15, 0.2) is 0 Å². The number of aliphatic hydroxyl groups is 2. The number of carboxylic acid groups (broad SMARTS) is 1. The van der Waals surface area contributed by atoms with Crippen molar-refractivity contribution in [2.75, 3.05) is 26.3 Å². The highest BCUT2D eigenvalue weighted by Crippen LogP contribution is 2.21. The van der Waals surface area contributed by atoms with Crippen molar-refractivity contribution < 1.29 is 44.1 Å². The van der Waals surface area contributed by atoms with E-state index in [-0.39, 0.29) is 11.8 Å². The lowest BCUT2D eigenvalue weighted by molar-refractivity contribution is -0.142. The van der Waals surface area contributed by atoms with Crippen LogP contribution in [0.25, 0.3) is 0 Å². The van der Waals surface area contributed by atoms with Crippen LogP contribution >= 0.6 is 0 Å². The van der Waals surface area contributed by atoms with Crippen LogP contribution in [0.5, 0.6) is 0 Å². The number of hydrogen-bond donors (Lipinski definition) is 7. The minimum absolute atomic E-state index is 0.319. The maximum atomic E-state index is 13.5. The van der Waals surface area contributed by atoms with Crippen LogP contribution in [0.4, 0.5) is 0 Å². The van der Waals surface area contributed by atoms with Crippen LogP contribution in [0.1, 0.15) is 73.1 Å². The van der Waals surface area contributed by atoms with Crippen molar-refractivity contribution in [1.82, 2.24) is 26.2 Å². The van der Waals surface area contributed by atoms with E-state index in [9.17, 15) is 44.1 Å². The van der Waals surface area contributed by atoms with Gasteiger partial charge in [-0.25, -0.2) is 0 Å². The molecule has 0 aromatic heterocycles. The first-order valence-electron chi connectivity index (χ1n) is 14.1. The molecule has 0 bridgehead atoms. The zero-order valence-corrected chi connectivity index (χ0v) is 24.7. The molecule has 41 heavy (non-hydrogen) atoms. The molecule has 5 amide bonds. The molecule has 1 aliphatic heterocycles. The summed E-state index contributed by atoms with van der Waals surface area (Å²) in [5.74, 6) is -5.13. The molecular formula is C27H47N5O9. The number of carbonyl (C=O) groups excluding carboxylic acids is 5. The Labute approximate surface area is 241 Å². The monoisotopic (exact) mass is 585 g/mol. The van der Waals surface area contributed by atoms with Crippen molar-refractivity contribution in [2.45, 2.75) is 97.3 Å². The summed E-state index contributed by atoms with van der Waals surface area (Å²) in [4.78, 5) is 78.4. The van der Waals surface area contributed by atoms with Crippen LogP contribution in [-0.4, -0.2) is 106 Å². The second kappa shape index (κ2) is 16.9. The lowest BCUT2D eigenvalue weighted by Gasteiger charge is -2.33. The smallest absolute Gasteiger partial charge is 0.305 e. The number of carbonyl (C=O) groups is 6.